The van der Waals surface area contributed by atoms with Crippen molar-refractivity contribution in [2.75, 3.05) is 13.1 Å². The van der Waals surface area contributed by atoms with Gasteiger partial charge in [-0.25, -0.2) is 0 Å². The average Bonchev–Trinajstić information content (AvgIpc) is 2.76. The van der Waals surface area contributed by atoms with Gasteiger partial charge in [-0.2, -0.15) is 0 Å². The van der Waals surface area contributed by atoms with Gasteiger partial charge < -0.3 is 16.4 Å². The van der Waals surface area contributed by atoms with Gasteiger partial charge >= 0.3 is 0 Å². The molecule has 2 unspecified atom stereocenters. The molecule has 1 aliphatic heterocycles. The average molecular weight is 283 g/mol. The van der Waals surface area contributed by atoms with Gasteiger partial charge in [-0.1, -0.05) is 20.8 Å². The number of hydrogen-bond acceptors (Lipinski definition) is 3. The predicted molar refractivity (Wildman–Crippen MR) is 80.0 cm³/mol. The van der Waals surface area contributed by atoms with Crippen LogP contribution in [0.25, 0.3) is 0 Å². The lowest BCUT2D eigenvalue weighted by molar-refractivity contribution is -0.122. The molecule has 2 amide bonds. The molecule has 1 fully saturated rings. The molecule has 0 bridgehead atoms. The second kappa shape index (κ2) is 7.62. The predicted octanol–water partition coefficient (Wildman–Crippen LogP) is 1.17. The summed E-state index contributed by atoms with van der Waals surface area (Å²) in [6.45, 7) is 7.79. The zero-order chi connectivity index (χ0) is 15.2. The number of nitrogens with one attached hydrogen (secondary N) is 2. The van der Waals surface area contributed by atoms with Crippen molar-refractivity contribution in [2.24, 2.45) is 17.1 Å². The Bertz CT molecular complexity index is 337. The van der Waals surface area contributed by atoms with Crippen molar-refractivity contribution in [2.45, 2.75) is 58.9 Å². The Labute approximate surface area is 122 Å². The maximum atomic E-state index is 11.9. The highest BCUT2D eigenvalue weighted by molar-refractivity contribution is 5.79. The van der Waals surface area contributed by atoms with Crippen molar-refractivity contribution in [1.29, 1.82) is 0 Å². The maximum Gasteiger partial charge on any atom is 0.220 e. The molecule has 20 heavy (non-hydrogen) atoms. The van der Waals surface area contributed by atoms with Gasteiger partial charge in [-0.15, -0.1) is 0 Å². The zero-order valence-electron chi connectivity index (χ0n) is 13.0. The summed E-state index contributed by atoms with van der Waals surface area (Å²) in [4.78, 5) is 22.9. The van der Waals surface area contributed by atoms with E-state index < -0.39 is 0 Å². The monoisotopic (exact) mass is 283 g/mol. The van der Waals surface area contributed by atoms with Gasteiger partial charge in [0.05, 0.1) is 0 Å². The third-order valence-corrected chi connectivity index (χ3v) is 4.09. The van der Waals surface area contributed by atoms with Gasteiger partial charge in [-0.3, -0.25) is 9.59 Å². The molecule has 0 spiro atoms. The van der Waals surface area contributed by atoms with Gasteiger partial charge in [0.1, 0.15) is 0 Å². The van der Waals surface area contributed by atoms with Gasteiger partial charge in [0.2, 0.25) is 11.8 Å². The first kappa shape index (κ1) is 17.0. The summed E-state index contributed by atoms with van der Waals surface area (Å²) in [5.41, 5.74) is 5.83. The number of rotatable bonds is 7. The highest BCUT2D eigenvalue weighted by Crippen LogP contribution is 2.31. The molecule has 0 aromatic heterocycles. The zero-order valence-corrected chi connectivity index (χ0v) is 13.0. The van der Waals surface area contributed by atoms with E-state index >= 15 is 0 Å². The normalized spacial score (nSPS) is 20.6. The molecule has 0 aliphatic carbocycles. The summed E-state index contributed by atoms with van der Waals surface area (Å²) in [6.07, 6.45) is 3.74. The molecule has 1 saturated heterocycles. The molecular formula is C15H29N3O2. The van der Waals surface area contributed by atoms with E-state index in [-0.39, 0.29) is 23.3 Å². The van der Waals surface area contributed by atoms with Crippen LogP contribution in [0.15, 0.2) is 0 Å². The fourth-order valence-corrected chi connectivity index (χ4v) is 2.67. The van der Waals surface area contributed by atoms with E-state index in [4.69, 9.17) is 5.73 Å². The second-order valence-corrected chi connectivity index (χ2v) is 6.79. The molecule has 4 N–H and O–H groups in total. The largest absolute Gasteiger partial charge is 0.354 e. The van der Waals surface area contributed by atoms with Crippen LogP contribution in [0.5, 0.6) is 0 Å². The van der Waals surface area contributed by atoms with E-state index in [9.17, 15) is 9.59 Å². The minimum Gasteiger partial charge on any atom is -0.354 e. The van der Waals surface area contributed by atoms with E-state index in [1.54, 1.807) is 0 Å². The van der Waals surface area contributed by atoms with E-state index in [1.807, 2.05) is 0 Å². The number of amides is 2. The summed E-state index contributed by atoms with van der Waals surface area (Å²) in [7, 11) is 0. The highest BCUT2D eigenvalue weighted by atomic mass is 16.2. The van der Waals surface area contributed by atoms with E-state index in [0.717, 1.165) is 19.3 Å². The van der Waals surface area contributed by atoms with E-state index in [0.29, 0.717) is 31.8 Å². The van der Waals surface area contributed by atoms with E-state index in [2.05, 4.69) is 31.4 Å². The minimum absolute atomic E-state index is 0.0671. The summed E-state index contributed by atoms with van der Waals surface area (Å²) < 4.78 is 0. The standard InChI is InChI=1S/C15H29N3O2/c1-15(2,3)11(8-9-16)4-6-13(19)17-10-12-5-7-14(20)18-12/h11-12H,4-10,16H2,1-3H3,(H,17,19)(H,18,20). The third kappa shape index (κ3) is 5.90. The number of carbonyl (C=O) groups is 2. The van der Waals surface area contributed by atoms with Crippen LogP contribution in [0.1, 0.15) is 52.9 Å². The van der Waals surface area contributed by atoms with Gasteiger partial charge in [0, 0.05) is 25.4 Å². The Hall–Kier alpha value is -1.10. The van der Waals surface area contributed by atoms with Crippen LogP contribution in [0, 0.1) is 11.3 Å². The van der Waals surface area contributed by atoms with Crippen LogP contribution in [0.4, 0.5) is 0 Å². The van der Waals surface area contributed by atoms with Crippen molar-refractivity contribution in [3.05, 3.63) is 0 Å². The summed E-state index contributed by atoms with van der Waals surface area (Å²) >= 11 is 0. The number of nitrogens with two attached hydrogens (primary N) is 1. The molecule has 0 radical (unpaired) electrons. The van der Waals surface area contributed by atoms with Crippen LogP contribution in [0.3, 0.4) is 0 Å². The topological polar surface area (TPSA) is 84.2 Å². The number of carbonyl (C=O) groups excluding carboxylic acids is 2. The smallest absolute Gasteiger partial charge is 0.220 e. The second-order valence-electron chi connectivity index (χ2n) is 6.79. The molecule has 0 aromatic carbocycles. The lowest BCUT2D eigenvalue weighted by Crippen LogP contribution is -2.38. The quantitative estimate of drug-likeness (QED) is 0.656. The van der Waals surface area contributed by atoms with Gasteiger partial charge in [-0.05, 0) is 37.1 Å². The summed E-state index contributed by atoms with van der Waals surface area (Å²) in [5.74, 6) is 0.613. The first-order valence-corrected chi connectivity index (χ1v) is 7.59. The van der Waals surface area contributed by atoms with Crippen molar-refractivity contribution in [1.82, 2.24) is 10.6 Å². The molecule has 1 rings (SSSR count). The van der Waals surface area contributed by atoms with Gasteiger partial charge in [0.15, 0.2) is 0 Å². The van der Waals surface area contributed by atoms with E-state index in [1.165, 1.54) is 0 Å². The first-order valence-electron chi connectivity index (χ1n) is 7.59. The van der Waals surface area contributed by atoms with Crippen LogP contribution in [0.2, 0.25) is 0 Å². The Balaban J connectivity index is 2.25. The van der Waals surface area contributed by atoms with Crippen molar-refractivity contribution in [3.8, 4) is 0 Å². The third-order valence-electron chi connectivity index (χ3n) is 4.09. The van der Waals surface area contributed by atoms with Crippen molar-refractivity contribution >= 4 is 11.8 Å². The molecule has 1 heterocycles. The molecule has 0 saturated carbocycles. The van der Waals surface area contributed by atoms with Gasteiger partial charge in [0.25, 0.3) is 0 Å². The molecule has 116 valence electrons. The number of hydrogen-bond donors (Lipinski definition) is 3. The van der Waals surface area contributed by atoms with Crippen molar-refractivity contribution in [3.63, 3.8) is 0 Å². The molecule has 1 aliphatic rings. The molecular weight excluding hydrogens is 254 g/mol. The fourth-order valence-electron chi connectivity index (χ4n) is 2.67. The minimum atomic E-state index is 0.0671. The van der Waals surface area contributed by atoms with Crippen molar-refractivity contribution < 1.29 is 9.59 Å². The summed E-state index contributed by atoms with van der Waals surface area (Å²) in [6, 6.07) is 0.105. The van der Waals surface area contributed by atoms with Crippen LogP contribution in [-0.4, -0.2) is 30.9 Å². The molecule has 0 aromatic rings. The molecule has 2 atom stereocenters. The first-order chi connectivity index (χ1) is 9.32. The Kier molecular flexibility index (Phi) is 6.46. The summed E-state index contributed by atoms with van der Waals surface area (Å²) in [5, 5.41) is 5.76. The Morgan fingerprint density at radius 3 is 2.65 bits per heavy atom. The Morgan fingerprint density at radius 1 is 1.45 bits per heavy atom. The lowest BCUT2D eigenvalue weighted by Gasteiger charge is -2.30. The fraction of sp³-hybridized carbons (Fsp3) is 0.867. The molecule has 5 heteroatoms. The van der Waals surface area contributed by atoms with Crippen LogP contribution in [-0.2, 0) is 9.59 Å². The Morgan fingerprint density at radius 2 is 2.15 bits per heavy atom. The molecule has 5 nitrogen and oxygen atoms in total. The lowest BCUT2D eigenvalue weighted by atomic mass is 9.76. The highest BCUT2D eigenvalue weighted by Gasteiger charge is 2.25. The van der Waals surface area contributed by atoms with Crippen LogP contribution < -0.4 is 16.4 Å². The maximum absolute atomic E-state index is 11.9. The SMILES string of the molecule is CC(C)(C)C(CCN)CCC(=O)NCC1CCC(=O)N1. The van der Waals surface area contributed by atoms with Crippen LogP contribution >= 0.6 is 0 Å².